The Balaban J connectivity index is 1.56. The number of carbonyl (C=O) groups excluding carboxylic acids is 1. The molecule has 0 aromatic heterocycles. The van der Waals surface area contributed by atoms with E-state index in [0.29, 0.717) is 6.42 Å². The van der Waals surface area contributed by atoms with Gasteiger partial charge in [0.1, 0.15) is 5.75 Å². The van der Waals surface area contributed by atoms with Gasteiger partial charge in [0.15, 0.2) is 0 Å². The number of fused-ring (bicyclic) bond motifs is 1. The van der Waals surface area contributed by atoms with Gasteiger partial charge in [0.25, 0.3) is 0 Å². The molecule has 0 aliphatic carbocycles. The smallest absolute Gasteiger partial charge is 0.220 e. The summed E-state index contributed by atoms with van der Waals surface area (Å²) >= 11 is 0. The Hall–Kier alpha value is -2.81. The van der Waals surface area contributed by atoms with Crippen molar-refractivity contribution in [2.24, 2.45) is 0 Å². The summed E-state index contributed by atoms with van der Waals surface area (Å²) in [6, 6.07) is 22.6. The number of rotatable bonds is 7. The van der Waals surface area contributed by atoms with E-state index in [-0.39, 0.29) is 11.9 Å². The van der Waals surface area contributed by atoms with Gasteiger partial charge in [-0.05, 0) is 59.9 Å². The fourth-order valence-electron chi connectivity index (χ4n) is 3.13. The first-order valence-electron chi connectivity index (χ1n) is 9.07. The second-order valence-electron chi connectivity index (χ2n) is 6.60. The Labute approximate surface area is 155 Å². The van der Waals surface area contributed by atoms with Crippen LogP contribution in [-0.4, -0.2) is 13.0 Å². The highest BCUT2D eigenvalue weighted by Crippen LogP contribution is 2.24. The van der Waals surface area contributed by atoms with E-state index in [1.807, 2.05) is 43.3 Å². The van der Waals surface area contributed by atoms with Crippen molar-refractivity contribution in [1.82, 2.24) is 5.32 Å². The molecule has 3 aromatic rings. The quantitative estimate of drug-likeness (QED) is 0.649. The van der Waals surface area contributed by atoms with Crippen molar-refractivity contribution < 1.29 is 9.53 Å². The molecule has 0 unspecified atom stereocenters. The van der Waals surface area contributed by atoms with Crippen molar-refractivity contribution in [3.63, 3.8) is 0 Å². The summed E-state index contributed by atoms with van der Waals surface area (Å²) in [7, 11) is 1.67. The number of aryl methyl sites for hydroxylation is 1. The largest absolute Gasteiger partial charge is 0.497 e. The number of nitrogens with one attached hydrogen (secondary N) is 1. The fourth-order valence-corrected chi connectivity index (χ4v) is 3.13. The minimum atomic E-state index is -0.00859. The zero-order chi connectivity index (χ0) is 18.4. The molecule has 0 bridgehead atoms. The maximum absolute atomic E-state index is 12.2. The van der Waals surface area contributed by atoms with Crippen LogP contribution in [0.5, 0.6) is 5.75 Å². The maximum Gasteiger partial charge on any atom is 0.220 e. The molecular weight excluding hydrogens is 322 g/mol. The molecule has 0 spiro atoms. The topological polar surface area (TPSA) is 38.3 Å². The summed E-state index contributed by atoms with van der Waals surface area (Å²) in [5.41, 5.74) is 2.39. The second-order valence-corrected chi connectivity index (χ2v) is 6.60. The number of hydrogen-bond donors (Lipinski definition) is 1. The van der Waals surface area contributed by atoms with Crippen LogP contribution in [0, 0.1) is 0 Å². The van der Waals surface area contributed by atoms with Gasteiger partial charge in [0, 0.05) is 6.42 Å². The van der Waals surface area contributed by atoms with Gasteiger partial charge >= 0.3 is 0 Å². The van der Waals surface area contributed by atoms with Crippen LogP contribution in [0.2, 0.25) is 0 Å². The number of benzene rings is 3. The average molecular weight is 347 g/mol. The predicted octanol–water partition coefficient (Wildman–Crippen LogP) is 5.05. The Morgan fingerprint density at radius 1 is 1.00 bits per heavy atom. The first-order valence-corrected chi connectivity index (χ1v) is 9.07. The van der Waals surface area contributed by atoms with Gasteiger partial charge in [-0.25, -0.2) is 0 Å². The molecule has 0 radical (unpaired) electrons. The molecule has 3 aromatic carbocycles. The van der Waals surface area contributed by atoms with E-state index in [4.69, 9.17) is 4.74 Å². The van der Waals surface area contributed by atoms with E-state index in [1.54, 1.807) is 7.11 Å². The van der Waals surface area contributed by atoms with Crippen molar-refractivity contribution in [2.75, 3.05) is 7.11 Å². The molecule has 0 saturated carbocycles. The van der Waals surface area contributed by atoms with Gasteiger partial charge in [-0.15, -0.1) is 0 Å². The van der Waals surface area contributed by atoms with E-state index in [0.717, 1.165) is 34.9 Å². The van der Waals surface area contributed by atoms with Gasteiger partial charge in [0.2, 0.25) is 5.91 Å². The minimum Gasteiger partial charge on any atom is -0.497 e. The van der Waals surface area contributed by atoms with Crippen LogP contribution in [0.4, 0.5) is 0 Å². The van der Waals surface area contributed by atoms with E-state index in [1.165, 1.54) is 5.56 Å². The van der Waals surface area contributed by atoms with Crippen LogP contribution in [-0.2, 0) is 11.2 Å². The number of carbonyl (C=O) groups is 1. The van der Waals surface area contributed by atoms with Crippen LogP contribution in [0.15, 0.2) is 66.7 Å². The Bertz CT molecular complexity index is 874. The normalized spacial score (nSPS) is 11.9. The highest BCUT2D eigenvalue weighted by molar-refractivity contribution is 5.85. The van der Waals surface area contributed by atoms with Crippen molar-refractivity contribution in [3.8, 4) is 5.75 Å². The first-order chi connectivity index (χ1) is 12.7. The molecule has 3 nitrogen and oxygen atoms in total. The molecule has 0 aliphatic rings. The molecule has 3 rings (SSSR count). The van der Waals surface area contributed by atoms with Crippen molar-refractivity contribution in [1.29, 1.82) is 0 Å². The van der Waals surface area contributed by atoms with Crippen LogP contribution < -0.4 is 10.1 Å². The Kier molecular flexibility index (Phi) is 5.90. The Morgan fingerprint density at radius 2 is 1.73 bits per heavy atom. The van der Waals surface area contributed by atoms with Crippen molar-refractivity contribution in [3.05, 3.63) is 77.9 Å². The van der Waals surface area contributed by atoms with Crippen LogP contribution >= 0.6 is 0 Å². The highest BCUT2D eigenvalue weighted by Gasteiger charge is 2.10. The summed E-state index contributed by atoms with van der Waals surface area (Å²) in [4.78, 5) is 12.2. The minimum absolute atomic E-state index is 0.00859. The molecule has 3 heteroatoms. The standard InChI is InChI=1S/C23H25NO2/c1-17(24-23(25)10-6-9-18-7-4-3-5-8-18)19-11-12-21-16-22(26-2)14-13-20(21)15-19/h3-5,7-8,11-17H,6,9-10H2,1-2H3,(H,24,25)/t17-/m0/s1. The van der Waals surface area contributed by atoms with Crippen molar-refractivity contribution >= 4 is 16.7 Å². The van der Waals surface area contributed by atoms with Gasteiger partial charge in [-0.2, -0.15) is 0 Å². The summed E-state index contributed by atoms with van der Waals surface area (Å²) < 4.78 is 5.27. The number of methoxy groups -OCH3 is 1. The highest BCUT2D eigenvalue weighted by atomic mass is 16.5. The lowest BCUT2D eigenvalue weighted by molar-refractivity contribution is -0.121. The zero-order valence-corrected chi connectivity index (χ0v) is 15.4. The number of ether oxygens (including phenoxy) is 1. The summed E-state index contributed by atoms with van der Waals surface area (Å²) in [5.74, 6) is 0.952. The van der Waals surface area contributed by atoms with Crippen LogP contribution in [0.1, 0.15) is 36.9 Å². The first kappa shape index (κ1) is 18.0. The molecule has 26 heavy (non-hydrogen) atoms. The molecule has 1 amide bonds. The van der Waals surface area contributed by atoms with Gasteiger partial charge in [0.05, 0.1) is 13.2 Å². The lowest BCUT2D eigenvalue weighted by Crippen LogP contribution is -2.26. The van der Waals surface area contributed by atoms with Gasteiger partial charge in [-0.3, -0.25) is 4.79 Å². The maximum atomic E-state index is 12.2. The van der Waals surface area contributed by atoms with E-state index in [2.05, 4.69) is 35.6 Å². The molecule has 0 heterocycles. The molecule has 0 saturated heterocycles. The monoisotopic (exact) mass is 347 g/mol. The molecule has 0 aliphatic heterocycles. The van der Waals surface area contributed by atoms with Gasteiger partial charge in [-0.1, -0.05) is 48.5 Å². The molecule has 1 atom stereocenters. The van der Waals surface area contributed by atoms with E-state index in [9.17, 15) is 4.79 Å². The average Bonchev–Trinajstić information content (AvgIpc) is 2.68. The third-order valence-corrected chi connectivity index (χ3v) is 4.66. The molecular formula is C23H25NO2. The lowest BCUT2D eigenvalue weighted by atomic mass is 10.0. The van der Waals surface area contributed by atoms with E-state index >= 15 is 0 Å². The molecule has 0 fully saturated rings. The summed E-state index contributed by atoms with van der Waals surface area (Å²) in [5, 5.41) is 5.39. The fraction of sp³-hybridized carbons (Fsp3) is 0.261. The molecule has 134 valence electrons. The SMILES string of the molecule is COc1ccc2cc([C@H](C)NC(=O)CCCc3ccccc3)ccc2c1. The van der Waals surface area contributed by atoms with E-state index < -0.39 is 0 Å². The summed E-state index contributed by atoms with van der Waals surface area (Å²) in [6.45, 7) is 2.03. The lowest BCUT2D eigenvalue weighted by Gasteiger charge is -2.15. The second kappa shape index (κ2) is 8.52. The van der Waals surface area contributed by atoms with Crippen molar-refractivity contribution in [2.45, 2.75) is 32.2 Å². The summed E-state index contributed by atoms with van der Waals surface area (Å²) in [6.07, 6.45) is 2.34. The zero-order valence-electron chi connectivity index (χ0n) is 15.4. The number of hydrogen-bond acceptors (Lipinski definition) is 2. The molecule has 1 N–H and O–H groups in total. The predicted molar refractivity (Wildman–Crippen MR) is 106 cm³/mol. The van der Waals surface area contributed by atoms with Crippen LogP contribution in [0.3, 0.4) is 0 Å². The third kappa shape index (κ3) is 4.63. The third-order valence-electron chi connectivity index (χ3n) is 4.66. The van der Waals surface area contributed by atoms with Gasteiger partial charge < -0.3 is 10.1 Å². The van der Waals surface area contributed by atoms with Crippen LogP contribution in [0.25, 0.3) is 10.8 Å². The number of amides is 1. The Morgan fingerprint density at radius 3 is 2.50 bits per heavy atom.